The maximum absolute atomic E-state index is 13.6. The topological polar surface area (TPSA) is 138 Å². The number of halogens is 6. The molecule has 2 N–H and O–H groups in total. The largest absolute Gasteiger partial charge is 0.573 e. The Hall–Kier alpha value is -4.10. The zero-order valence-electron chi connectivity index (χ0n) is 22.3. The van der Waals surface area contributed by atoms with E-state index in [0.717, 1.165) is 52.0 Å². The Balaban J connectivity index is 1.57. The molecule has 4 rings (SSSR count). The first-order valence-electron chi connectivity index (χ1n) is 12.4. The van der Waals surface area contributed by atoms with Crippen molar-refractivity contribution in [3.05, 3.63) is 64.7 Å². The third kappa shape index (κ3) is 8.08. The number of nitrogens with zero attached hydrogens (tertiary/aromatic N) is 3. The van der Waals surface area contributed by atoms with Gasteiger partial charge in [-0.3, -0.25) is 4.79 Å². The summed E-state index contributed by atoms with van der Waals surface area (Å²) < 4.78 is 111. The van der Waals surface area contributed by atoms with E-state index in [1.54, 1.807) is 0 Å². The van der Waals surface area contributed by atoms with E-state index >= 15 is 0 Å². The van der Waals surface area contributed by atoms with Crippen molar-refractivity contribution in [3.8, 4) is 11.5 Å². The van der Waals surface area contributed by atoms with Gasteiger partial charge in [-0.25, -0.2) is 18.2 Å². The minimum Gasteiger partial charge on any atom is -0.477 e. The van der Waals surface area contributed by atoms with Gasteiger partial charge in [-0.1, -0.05) is 23.5 Å². The van der Waals surface area contributed by atoms with Gasteiger partial charge in [0.25, 0.3) is 0 Å². The average Bonchev–Trinajstić information content (AvgIpc) is 3.32. The molecule has 0 radical (unpaired) electrons. The average molecular weight is 669 g/mol. The van der Waals surface area contributed by atoms with Crippen LogP contribution in [0.3, 0.4) is 0 Å². The fourth-order valence-corrected chi connectivity index (χ4v) is 6.73. The van der Waals surface area contributed by atoms with Crippen molar-refractivity contribution in [1.82, 2.24) is 14.6 Å². The van der Waals surface area contributed by atoms with Crippen molar-refractivity contribution >= 4 is 38.4 Å². The highest BCUT2D eigenvalue weighted by atomic mass is 32.2. The van der Waals surface area contributed by atoms with E-state index in [1.807, 2.05) is 0 Å². The zero-order chi connectivity index (χ0) is 32.4. The van der Waals surface area contributed by atoms with Crippen molar-refractivity contribution in [2.24, 2.45) is 0 Å². The highest BCUT2D eigenvalue weighted by Crippen LogP contribution is 2.31. The van der Waals surface area contributed by atoms with Gasteiger partial charge in [0.15, 0.2) is 5.13 Å². The summed E-state index contributed by atoms with van der Waals surface area (Å²) in [5, 5.41) is 12.2. The van der Waals surface area contributed by atoms with Crippen molar-refractivity contribution in [2.45, 2.75) is 37.1 Å². The van der Waals surface area contributed by atoms with Crippen LogP contribution >= 0.6 is 11.3 Å². The number of aromatic nitrogens is 1. The number of carboxylic acid groups (broad SMARTS) is 1. The summed E-state index contributed by atoms with van der Waals surface area (Å²) in [5.41, 5.74) is 0.574. The second-order valence-corrected chi connectivity index (χ2v) is 12.1. The van der Waals surface area contributed by atoms with Crippen molar-refractivity contribution < 1.29 is 58.9 Å². The van der Waals surface area contributed by atoms with Gasteiger partial charge < -0.3 is 24.8 Å². The summed E-state index contributed by atoms with van der Waals surface area (Å²) in [7, 11) is -4.47. The molecule has 0 bridgehead atoms. The van der Waals surface area contributed by atoms with Gasteiger partial charge in [0.2, 0.25) is 15.9 Å². The first-order valence-corrected chi connectivity index (χ1v) is 14.6. The number of carboxylic acids is 1. The van der Waals surface area contributed by atoms with Gasteiger partial charge in [-0.15, -0.1) is 26.3 Å². The number of aromatic carboxylic acids is 1. The predicted molar refractivity (Wildman–Crippen MR) is 142 cm³/mol. The second-order valence-electron chi connectivity index (χ2n) is 9.22. The number of carbonyl (C=O) groups excluding carboxylic acids is 1. The zero-order valence-corrected chi connectivity index (χ0v) is 24.0. The first-order chi connectivity index (χ1) is 20.4. The SMILES string of the molecule is Cc1nc(N2CCN(S(=O)(=O)c3ccc(OC(F)(F)F)cc3)C(C(=O)NCc3ccc(OC(F)(F)F)cc3)C2)sc1C(=O)O. The Labute approximate surface area is 249 Å². The molecule has 44 heavy (non-hydrogen) atoms. The number of thiazole rings is 1. The number of carbonyl (C=O) groups is 2. The standard InChI is InChI=1S/C25H22F6N4O7S2/c1-14-20(22(37)38)43-23(33-14)34-10-11-35(44(39,40)18-8-6-17(7-9-18)42-25(29,30)31)19(13-34)21(36)32-12-15-2-4-16(5-3-15)41-24(26,27)28/h2-9,19H,10-13H2,1H3,(H,32,36)(H,37,38). The van der Waals surface area contributed by atoms with Gasteiger partial charge in [0, 0.05) is 26.2 Å². The van der Waals surface area contributed by atoms with Crippen LogP contribution in [-0.2, 0) is 21.4 Å². The summed E-state index contributed by atoms with van der Waals surface area (Å²) in [5.74, 6) is -3.17. The Morgan fingerprint density at radius 1 is 0.977 bits per heavy atom. The minimum atomic E-state index is -5.00. The first kappa shape index (κ1) is 32.8. The fourth-order valence-electron chi connectivity index (χ4n) is 4.22. The molecule has 2 heterocycles. The smallest absolute Gasteiger partial charge is 0.477 e. The van der Waals surface area contributed by atoms with E-state index in [0.29, 0.717) is 5.56 Å². The quantitative estimate of drug-likeness (QED) is 0.322. The number of rotatable bonds is 9. The van der Waals surface area contributed by atoms with Crippen LogP contribution in [0.2, 0.25) is 0 Å². The van der Waals surface area contributed by atoms with Crippen LogP contribution in [0.5, 0.6) is 11.5 Å². The summed E-state index contributed by atoms with van der Waals surface area (Å²) >= 11 is 0.832. The van der Waals surface area contributed by atoms with Crippen LogP contribution in [0.15, 0.2) is 53.4 Å². The van der Waals surface area contributed by atoms with Crippen LogP contribution in [0.25, 0.3) is 0 Å². The van der Waals surface area contributed by atoms with Crippen LogP contribution in [0.1, 0.15) is 20.9 Å². The molecular formula is C25H22F6N4O7S2. The summed E-state index contributed by atoms with van der Waals surface area (Å²) in [6.07, 6.45) is -9.90. The van der Waals surface area contributed by atoms with E-state index in [9.17, 15) is 49.5 Å². The monoisotopic (exact) mass is 668 g/mol. The number of alkyl halides is 6. The molecule has 1 unspecified atom stereocenters. The Morgan fingerprint density at radius 2 is 1.52 bits per heavy atom. The van der Waals surface area contributed by atoms with E-state index in [4.69, 9.17) is 0 Å². The molecule has 19 heteroatoms. The van der Waals surface area contributed by atoms with Gasteiger partial charge in [-0.05, 0) is 48.9 Å². The number of benzene rings is 2. The number of sulfonamides is 1. The Bertz CT molecular complexity index is 1610. The second kappa shape index (κ2) is 12.5. The number of nitrogens with one attached hydrogen (secondary N) is 1. The molecule has 0 spiro atoms. The van der Waals surface area contributed by atoms with E-state index < -0.39 is 57.1 Å². The Morgan fingerprint density at radius 3 is 2.02 bits per heavy atom. The van der Waals surface area contributed by atoms with Gasteiger partial charge >= 0.3 is 18.7 Å². The van der Waals surface area contributed by atoms with Crippen molar-refractivity contribution in [2.75, 3.05) is 24.5 Å². The molecule has 2 aromatic carbocycles. The molecule has 1 aromatic heterocycles. The van der Waals surface area contributed by atoms with Gasteiger partial charge in [-0.2, -0.15) is 4.31 Å². The lowest BCUT2D eigenvalue weighted by molar-refractivity contribution is -0.275. The molecular weight excluding hydrogens is 646 g/mol. The number of hydrogen-bond acceptors (Lipinski definition) is 9. The lowest BCUT2D eigenvalue weighted by atomic mass is 10.1. The molecule has 238 valence electrons. The number of amides is 1. The van der Waals surface area contributed by atoms with Gasteiger partial charge in [0.1, 0.15) is 22.4 Å². The molecule has 1 amide bonds. The van der Waals surface area contributed by atoms with E-state index in [1.165, 1.54) is 24.0 Å². The highest BCUT2D eigenvalue weighted by Gasteiger charge is 2.41. The molecule has 1 atom stereocenters. The normalized spacial score (nSPS) is 16.4. The number of piperazine rings is 1. The lowest BCUT2D eigenvalue weighted by Crippen LogP contribution is -2.60. The molecule has 1 saturated heterocycles. The lowest BCUT2D eigenvalue weighted by Gasteiger charge is -2.39. The molecule has 1 fully saturated rings. The molecule has 1 aliphatic heterocycles. The van der Waals surface area contributed by atoms with Crippen LogP contribution in [0, 0.1) is 6.92 Å². The molecule has 3 aromatic rings. The molecule has 11 nitrogen and oxygen atoms in total. The number of aryl methyl sites for hydroxylation is 1. The van der Waals surface area contributed by atoms with E-state index in [-0.39, 0.29) is 41.9 Å². The van der Waals surface area contributed by atoms with E-state index in [2.05, 4.69) is 19.8 Å². The number of hydrogen-bond donors (Lipinski definition) is 2. The highest BCUT2D eigenvalue weighted by molar-refractivity contribution is 7.89. The molecule has 1 aliphatic rings. The number of anilines is 1. The maximum atomic E-state index is 13.6. The minimum absolute atomic E-state index is 0.00897. The predicted octanol–water partition coefficient (Wildman–Crippen LogP) is 4.14. The summed E-state index contributed by atoms with van der Waals surface area (Å²) in [6, 6.07) is 6.57. The van der Waals surface area contributed by atoms with Crippen molar-refractivity contribution in [1.29, 1.82) is 0 Å². The van der Waals surface area contributed by atoms with Crippen LogP contribution in [0.4, 0.5) is 31.5 Å². The third-order valence-corrected chi connectivity index (χ3v) is 9.30. The van der Waals surface area contributed by atoms with Crippen molar-refractivity contribution in [3.63, 3.8) is 0 Å². The van der Waals surface area contributed by atoms with Crippen LogP contribution < -0.4 is 19.7 Å². The van der Waals surface area contributed by atoms with Gasteiger partial charge in [0.05, 0.1) is 10.6 Å². The summed E-state index contributed by atoms with van der Waals surface area (Å²) in [6.45, 7) is 0.700. The third-order valence-electron chi connectivity index (χ3n) is 6.17. The molecule has 0 aliphatic carbocycles. The molecule has 0 saturated carbocycles. The summed E-state index contributed by atoms with van der Waals surface area (Å²) in [4.78, 5) is 30.2. The fraction of sp³-hybridized carbons (Fsp3) is 0.320. The Kier molecular flexibility index (Phi) is 9.31. The maximum Gasteiger partial charge on any atom is 0.573 e. The van der Waals surface area contributed by atoms with Crippen LogP contribution in [-0.4, -0.2) is 73.1 Å². The number of ether oxygens (including phenoxy) is 2.